The van der Waals surface area contributed by atoms with Crippen LogP contribution < -0.4 is 14.4 Å². The Morgan fingerprint density at radius 2 is 2.13 bits per heavy atom. The van der Waals surface area contributed by atoms with Crippen LogP contribution in [0.25, 0.3) is 0 Å². The summed E-state index contributed by atoms with van der Waals surface area (Å²) in [7, 11) is 0. The SMILES string of the molecule is C=CC(N[S+]([O-])C(C)(C)C)[C@@H]1CC[C@H]1CN1CC2(CCCc3cc(Cl)ccc32)COc2ccc(C(=O)O)cc21. The third-order valence-electron chi connectivity index (χ3n) is 8.73. The van der Waals surface area contributed by atoms with E-state index < -0.39 is 17.3 Å². The van der Waals surface area contributed by atoms with Crippen molar-refractivity contribution in [2.75, 3.05) is 24.6 Å². The number of carbonyl (C=O) groups is 1. The average molecular weight is 571 g/mol. The maximum atomic E-state index is 12.9. The van der Waals surface area contributed by atoms with Gasteiger partial charge in [0, 0.05) is 34.9 Å². The van der Waals surface area contributed by atoms with Gasteiger partial charge in [0.1, 0.15) is 10.5 Å². The fourth-order valence-corrected chi connectivity index (χ4v) is 7.50. The van der Waals surface area contributed by atoms with Crippen molar-refractivity contribution in [3.05, 3.63) is 70.8 Å². The number of halogens is 1. The molecule has 0 aromatic heterocycles. The standard InChI is InChI=1S/C31H39ClN2O4S/c1-5-26(33-39(37)30(2,3)4)24-11-8-22(24)17-34-18-31(14-6-7-20-15-23(32)10-12-25(20)31)19-38-28-13-9-21(29(35)36)16-27(28)34/h5,9-10,12-13,15-16,22,24,26,33H,1,6-8,11,14,17-19H2,2-4H3,(H,35,36)/t22-,24+,26?,31?,39?/m0/s1. The first-order chi connectivity index (χ1) is 18.5. The van der Waals surface area contributed by atoms with E-state index in [1.165, 1.54) is 11.1 Å². The number of aromatic carboxylic acids is 1. The van der Waals surface area contributed by atoms with Gasteiger partial charge in [0.2, 0.25) is 0 Å². The van der Waals surface area contributed by atoms with E-state index in [4.69, 9.17) is 16.3 Å². The van der Waals surface area contributed by atoms with Crippen molar-refractivity contribution in [1.82, 2.24) is 4.72 Å². The smallest absolute Gasteiger partial charge is 0.335 e. The highest BCUT2D eigenvalue weighted by Crippen LogP contribution is 2.46. The Balaban J connectivity index is 1.47. The number of anilines is 1. The zero-order valence-corrected chi connectivity index (χ0v) is 24.6. The molecule has 0 bridgehead atoms. The van der Waals surface area contributed by atoms with Crippen molar-refractivity contribution in [2.45, 2.75) is 69.1 Å². The molecule has 1 aliphatic heterocycles. The van der Waals surface area contributed by atoms with Crippen LogP contribution in [-0.2, 0) is 23.2 Å². The minimum Gasteiger partial charge on any atom is -0.598 e. The van der Waals surface area contributed by atoms with Crippen molar-refractivity contribution >= 4 is 34.6 Å². The predicted octanol–water partition coefficient (Wildman–Crippen LogP) is 6.14. The normalized spacial score (nSPS) is 25.9. The summed E-state index contributed by atoms with van der Waals surface area (Å²) < 4.78 is 22.3. The Morgan fingerprint density at radius 3 is 2.79 bits per heavy atom. The van der Waals surface area contributed by atoms with Crippen molar-refractivity contribution in [1.29, 1.82) is 0 Å². The second-order valence-corrected chi connectivity index (χ2v) is 14.8. The van der Waals surface area contributed by atoms with Gasteiger partial charge in [-0.25, -0.2) is 4.79 Å². The Kier molecular flexibility index (Phi) is 7.99. The van der Waals surface area contributed by atoms with Crippen LogP contribution in [0, 0.1) is 11.8 Å². The number of nitrogens with one attached hydrogen (secondary N) is 1. The van der Waals surface area contributed by atoms with Crippen LogP contribution in [0.3, 0.4) is 0 Å². The van der Waals surface area contributed by atoms with E-state index >= 15 is 0 Å². The molecular formula is C31H39ClN2O4S. The number of hydrogen-bond acceptors (Lipinski definition) is 5. The summed E-state index contributed by atoms with van der Waals surface area (Å²) in [5.41, 5.74) is 3.43. The van der Waals surface area contributed by atoms with Crippen molar-refractivity contribution in [3.63, 3.8) is 0 Å². The van der Waals surface area contributed by atoms with E-state index in [-0.39, 0.29) is 21.8 Å². The summed E-state index contributed by atoms with van der Waals surface area (Å²) in [6, 6.07) is 11.3. The van der Waals surface area contributed by atoms with Crippen LogP contribution >= 0.6 is 11.6 Å². The number of ether oxygens (including phenoxy) is 1. The van der Waals surface area contributed by atoms with Gasteiger partial charge in [-0.15, -0.1) is 11.3 Å². The molecule has 1 saturated carbocycles. The largest absolute Gasteiger partial charge is 0.598 e. The molecule has 5 rings (SSSR count). The molecule has 3 unspecified atom stereocenters. The van der Waals surface area contributed by atoms with Gasteiger partial charge in [0.25, 0.3) is 0 Å². The van der Waals surface area contributed by atoms with Gasteiger partial charge in [-0.1, -0.05) is 23.7 Å². The van der Waals surface area contributed by atoms with Gasteiger partial charge in [-0.2, -0.15) is 0 Å². The highest BCUT2D eigenvalue weighted by molar-refractivity contribution is 7.90. The van der Waals surface area contributed by atoms with Crippen molar-refractivity contribution in [3.8, 4) is 5.75 Å². The highest BCUT2D eigenvalue weighted by atomic mass is 35.5. The van der Waals surface area contributed by atoms with E-state index in [1.54, 1.807) is 18.2 Å². The maximum Gasteiger partial charge on any atom is 0.335 e. The zero-order valence-electron chi connectivity index (χ0n) is 23.0. The number of carboxylic acids is 1. The lowest BCUT2D eigenvalue weighted by Crippen LogP contribution is -2.53. The first-order valence-corrected chi connectivity index (χ1v) is 15.4. The Hall–Kier alpha value is -2.19. The third kappa shape index (κ3) is 5.69. The zero-order chi connectivity index (χ0) is 27.9. The van der Waals surface area contributed by atoms with Crippen LogP contribution in [0.1, 0.15) is 67.9 Å². The number of nitrogens with zero attached hydrogens (tertiary/aromatic N) is 1. The minimum absolute atomic E-state index is 0.0524. The lowest BCUT2D eigenvalue weighted by atomic mass is 9.68. The molecule has 2 aromatic rings. The molecule has 1 heterocycles. The first-order valence-electron chi connectivity index (χ1n) is 13.9. The molecule has 2 aliphatic carbocycles. The van der Waals surface area contributed by atoms with E-state index in [1.807, 2.05) is 32.9 Å². The summed E-state index contributed by atoms with van der Waals surface area (Å²) in [4.78, 5) is 14.3. The van der Waals surface area contributed by atoms with Crippen LogP contribution in [0.2, 0.25) is 5.02 Å². The number of aryl methyl sites for hydroxylation is 1. The van der Waals surface area contributed by atoms with Crippen LogP contribution in [-0.4, -0.2) is 46.1 Å². The minimum atomic E-state index is -1.19. The second-order valence-electron chi connectivity index (χ2n) is 12.4. The quantitative estimate of drug-likeness (QED) is 0.307. The molecule has 5 atom stereocenters. The molecule has 1 spiro atoms. The number of benzene rings is 2. The summed E-state index contributed by atoms with van der Waals surface area (Å²) in [6.07, 6.45) is 7.03. The molecular weight excluding hydrogens is 532 g/mol. The average Bonchev–Trinajstić information content (AvgIpc) is 3.02. The third-order valence-corrected chi connectivity index (χ3v) is 10.6. The molecule has 0 saturated heterocycles. The summed E-state index contributed by atoms with van der Waals surface area (Å²) >= 11 is 5.18. The van der Waals surface area contributed by atoms with Gasteiger partial charge in [0.05, 0.1) is 23.9 Å². The number of carboxylic acid groups (broad SMARTS) is 1. The first kappa shape index (κ1) is 28.3. The van der Waals surface area contributed by atoms with E-state index in [2.05, 4.69) is 28.3 Å². The predicted molar refractivity (Wildman–Crippen MR) is 158 cm³/mol. The number of rotatable bonds is 7. The van der Waals surface area contributed by atoms with E-state index in [0.29, 0.717) is 18.4 Å². The van der Waals surface area contributed by atoms with E-state index in [9.17, 15) is 14.5 Å². The van der Waals surface area contributed by atoms with Gasteiger partial charge >= 0.3 is 5.97 Å². The molecule has 1 fully saturated rings. The molecule has 6 nitrogen and oxygen atoms in total. The van der Waals surface area contributed by atoms with Crippen LogP contribution in [0.4, 0.5) is 5.69 Å². The molecule has 39 heavy (non-hydrogen) atoms. The summed E-state index contributed by atoms with van der Waals surface area (Å²) in [5, 5.41) is 10.5. The van der Waals surface area contributed by atoms with E-state index in [0.717, 1.165) is 61.7 Å². The molecule has 2 N–H and O–H groups in total. The number of hydrogen-bond donors (Lipinski definition) is 2. The maximum absolute atomic E-state index is 12.9. The lowest BCUT2D eigenvalue weighted by Gasteiger charge is -2.46. The fraction of sp³-hybridized carbons (Fsp3) is 0.516. The Labute approximate surface area is 240 Å². The molecule has 3 aliphatic rings. The summed E-state index contributed by atoms with van der Waals surface area (Å²) in [5.74, 6) is 0.428. The molecule has 0 radical (unpaired) electrons. The second kappa shape index (κ2) is 11.0. The monoisotopic (exact) mass is 570 g/mol. The van der Waals surface area contributed by atoms with Crippen molar-refractivity contribution in [2.24, 2.45) is 11.8 Å². The fourth-order valence-electron chi connectivity index (χ4n) is 6.44. The Bertz CT molecular complexity index is 1250. The van der Waals surface area contributed by atoms with Crippen LogP contribution in [0.15, 0.2) is 49.1 Å². The molecule has 2 aromatic carbocycles. The lowest BCUT2D eigenvalue weighted by molar-refractivity contribution is 0.0697. The van der Waals surface area contributed by atoms with Crippen LogP contribution in [0.5, 0.6) is 5.75 Å². The molecule has 210 valence electrons. The number of fused-ring (bicyclic) bond motifs is 3. The van der Waals surface area contributed by atoms with Crippen molar-refractivity contribution < 1.29 is 19.2 Å². The van der Waals surface area contributed by atoms with Gasteiger partial charge < -0.3 is 19.3 Å². The topological polar surface area (TPSA) is 84.9 Å². The van der Waals surface area contributed by atoms with Gasteiger partial charge in [-0.05, 0) is 106 Å². The molecule has 8 heteroatoms. The Morgan fingerprint density at radius 1 is 1.33 bits per heavy atom. The highest BCUT2D eigenvalue weighted by Gasteiger charge is 2.45. The molecule has 0 amide bonds. The van der Waals surface area contributed by atoms with Gasteiger partial charge in [-0.3, -0.25) is 0 Å². The summed E-state index contributed by atoms with van der Waals surface area (Å²) in [6.45, 7) is 12.0. The van der Waals surface area contributed by atoms with Gasteiger partial charge in [0.15, 0.2) is 0 Å².